The van der Waals surface area contributed by atoms with Gasteiger partial charge in [0.05, 0.1) is 0 Å². The molecule has 0 radical (unpaired) electrons. The second kappa shape index (κ2) is 5.25. The van der Waals surface area contributed by atoms with E-state index in [-0.39, 0.29) is 5.82 Å². The quantitative estimate of drug-likeness (QED) is 0.914. The number of benzene rings is 1. The summed E-state index contributed by atoms with van der Waals surface area (Å²) in [6.45, 7) is 0.390. The smallest absolute Gasteiger partial charge is 0.166 e. The molecule has 2 rings (SSSR count). The molecule has 0 unspecified atom stereocenters. The molecule has 0 saturated heterocycles. The van der Waals surface area contributed by atoms with Crippen LogP contribution in [-0.2, 0) is 6.54 Å². The summed E-state index contributed by atoms with van der Waals surface area (Å²) in [4.78, 5) is 3.97. The first-order chi connectivity index (χ1) is 8.20. The highest BCUT2D eigenvalue weighted by molar-refractivity contribution is 9.10. The Morgan fingerprint density at radius 2 is 2.12 bits per heavy atom. The van der Waals surface area contributed by atoms with Gasteiger partial charge in [-0.2, -0.15) is 0 Å². The normalized spacial score (nSPS) is 10.3. The van der Waals surface area contributed by atoms with Crippen molar-refractivity contribution in [1.29, 1.82) is 0 Å². The molecule has 0 aliphatic carbocycles. The van der Waals surface area contributed by atoms with Gasteiger partial charge in [-0.05, 0) is 33.6 Å². The van der Waals surface area contributed by atoms with Gasteiger partial charge in [0.2, 0.25) is 0 Å². The van der Waals surface area contributed by atoms with Crippen molar-refractivity contribution in [2.45, 2.75) is 6.54 Å². The van der Waals surface area contributed by atoms with E-state index in [2.05, 4.69) is 26.2 Å². The van der Waals surface area contributed by atoms with Crippen LogP contribution in [0.2, 0.25) is 0 Å². The molecule has 1 heterocycles. The number of nitrogens with one attached hydrogen (secondary N) is 1. The average Bonchev–Trinajstić information content (AvgIpc) is 2.33. The molecule has 0 spiro atoms. The topological polar surface area (TPSA) is 50.9 Å². The van der Waals surface area contributed by atoms with E-state index in [0.29, 0.717) is 11.0 Å². The number of rotatable bonds is 3. The van der Waals surface area contributed by atoms with Gasteiger partial charge in [-0.15, -0.1) is 0 Å². The lowest BCUT2D eigenvalue weighted by Crippen LogP contribution is -2.03. The Morgan fingerprint density at radius 1 is 1.35 bits per heavy atom. The van der Waals surface area contributed by atoms with Gasteiger partial charge in [-0.1, -0.05) is 18.2 Å². The average molecular weight is 296 g/mol. The maximum Gasteiger partial charge on any atom is 0.166 e. The van der Waals surface area contributed by atoms with Crippen LogP contribution >= 0.6 is 15.9 Å². The summed E-state index contributed by atoms with van der Waals surface area (Å²) in [5.74, 6) is -0.222. The Labute approximate surface area is 107 Å². The van der Waals surface area contributed by atoms with Gasteiger partial charge in [0.25, 0.3) is 0 Å². The van der Waals surface area contributed by atoms with Crippen molar-refractivity contribution in [2.75, 3.05) is 5.32 Å². The van der Waals surface area contributed by atoms with Crippen LogP contribution in [0.3, 0.4) is 0 Å². The second-order valence-electron chi connectivity index (χ2n) is 3.47. The Bertz CT molecular complexity index is 531. The molecule has 0 aliphatic rings. The Hall–Kier alpha value is -1.46. The summed E-state index contributed by atoms with van der Waals surface area (Å²) in [7, 11) is 0. The minimum absolute atomic E-state index is 0.189. The molecule has 17 heavy (non-hydrogen) atoms. The maximum absolute atomic E-state index is 13.6. The molecular weight excluding hydrogens is 285 g/mol. The van der Waals surface area contributed by atoms with Crippen LogP contribution in [0.25, 0.3) is 0 Å². The number of hydrogen-bond donors (Lipinski definition) is 2. The van der Waals surface area contributed by atoms with Gasteiger partial charge in [-0.25, -0.2) is 9.37 Å². The molecule has 5 heteroatoms. The Morgan fingerprint density at radius 3 is 2.82 bits per heavy atom. The van der Waals surface area contributed by atoms with Crippen LogP contribution < -0.4 is 11.1 Å². The van der Waals surface area contributed by atoms with Crippen molar-refractivity contribution in [2.24, 2.45) is 5.73 Å². The van der Waals surface area contributed by atoms with E-state index in [4.69, 9.17) is 5.73 Å². The van der Waals surface area contributed by atoms with Crippen molar-refractivity contribution in [1.82, 2.24) is 4.98 Å². The van der Waals surface area contributed by atoms with Crippen LogP contribution in [0.5, 0.6) is 0 Å². The predicted molar refractivity (Wildman–Crippen MR) is 69.5 cm³/mol. The molecule has 3 N–H and O–H groups in total. The molecule has 0 aliphatic heterocycles. The molecule has 3 nitrogen and oxygen atoms in total. The fraction of sp³-hybridized carbons (Fsp3) is 0.0833. The van der Waals surface area contributed by atoms with Crippen LogP contribution in [0, 0.1) is 5.82 Å². The minimum atomic E-state index is -0.411. The first kappa shape index (κ1) is 12.0. The van der Waals surface area contributed by atoms with E-state index in [0.717, 1.165) is 11.3 Å². The van der Waals surface area contributed by atoms with Crippen molar-refractivity contribution >= 4 is 27.4 Å². The first-order valence-electron chi connectivity index (χ1n) is 5.06. The zero-order valence-corrected chi connectivity index (χ0v) is 10.5. The number of anilines is 2. The lowest BCUT2D eigenvalue weighted by Gasteiger charge is -2.10. The van der Waals surface area contributed by atoms with Crippen LogP contribution in [0.1, 0.15) is 5.56 Å². The van der Waals surface area contributed by atoms with Gasteiger partial charge in [0.1, 0.15) is 0 Å². The van der Waals surface area contributed by atoms with E-state index >= 15 is 0 Å². The molecule has 1 aromatic carbocycles. The van der Waals surface area contributed by atoms with Crippen molar-refractivity contribution < 1.29 is 4.39 Å². The molecule has 0 amide bonds. The van der Waals surface area contributed by atoms with Crippen molar-refractivity contribution in [3.63, 3.8) is 0 Å². The minimum Gasteiger partial charge on any atom is -0.338 e. The van der Waals surface area contributed by atoms with Gasteiger partial charge in [0.15, 0.2) is 11.6 Å². The fourth-order valence-corrected chi connectivity index (χ4v) is 1.76. The molecule has 1 aromatic heterocycles. The van der Waals surface area contributed by atoms with E-state index in [1.54, 1.807) is 0 Å². The van der Waals surface area contributed by atoms with E-state index in [1.807, 2.05) is 24.3 Å². The SMILES string of the molecule is NCc1ccccc1Nc1ncc(Br)cc1F. The second-order valence-corrected chi connectivity index (χ2v) is 4.39. The number of para-hydroxylation sites is 1. The molecule has 0 saturated carbocycles. The summed E-state index contributed by atoms with van der Waals surface area (Å²) < 4.78 is 14.2. The third kappa shape index (κ3) is 2.81. The molecule has 0 fully saturated rings. The summed E-state index contributed by atoms with van der Waals surface area (Å²) in [6.07, 6.45) is 1.54. The highest BCUT2D eigenvalue weighted by atomic mass is 79.9. The van der Waals surface area contributed by atoms with Crippen molar-refractivity contribution in [3.05, 3.63) is 52.4 Å². The van der Waals surface area contributed by atoms with E-state index in [1.165, 1.54) is 12.3 Å². The van der Waals surface area contributed by atoms with Crippen LogP contribution in [-0.4, -0.2) is 4.98 Å². The van der Waals surface area contributed by atoms with Crippen LogP contribution in [0.15, 0.2) is 41.0 Å². The van der Waals surface area contributed by atoms with Crippen molar-refractivity contribution in [3.8, 4) is 0 Å². The largest absolute Gasteiger partial charge is 0.338 e. The Balaban J connectivity index is 2.31. The van der Waals surface area contributed by atoms with E-state index < -0.39 is 5.82 Å². The van der Waals surface area contributed by atoms with Gasteiger partial charge >= 0.3 is 0 Å². The van der Waals surface area contributed by atoms with Gasteiger partial charge in [-0.3, -0.25) is 0 Å². The summed E-state index contributed by atoms with van der Waals surface area (Å²) in [6, 6.07) is 8.84. The third-order valence-electron chi connectivity index (χ3n) is 2.30. The summed E-state index contributed by atoms with van der Waals surface area (Å²) >= 11 is 3.16. The number of pyridine rings is 1. The highest BCUT2D eigenvalue weighted by Crippen LogP contribution is 2.22. The lowest BCUT2D eigenvalue weighted by molar-refractivity contribution is 0.625. The molecular formula is C12H11BrFN3. The highest BCUT2D eigenvalue weighted by Gasteiger charge is 2.06. The molecule has 0 bridgehead atoms. The number of nitrogens with zero attached hydrogens (tertiary/aromatic N) is 1. The first-order valence-corrected chi connectivity index (χ1v) is 5.86. The lowest BCUT2D eigenvalue weighted by atomic mass is 10.2. The number of halogens is 2. The van der Waals surface area contributed by atoms with E-state index in [9.17, 15) is 4.39 Å². The monoisotopic (exact) mass is 295 g/mol. The third-order valence-corrected chi connectivity index (χ3v) is 2.73. The number of aromatic nitrogens is 1. The standard InChI is InChI=1S/C12H11BrFN3/c13-9-5-10(14)12(16-7-9)17-11-4-2-1-3-8(11)6-15/h1-5,7H,6,15H2,(H,16,17). The number of hydrogen-bond acceptors (Lipinski definition) is 3. The molecule has 0 atom stereocenters. The van der Waals surface area contributed by atoms with Gasteiger partial charge < -0.3 is 11.1 Å². The summed E-state index contributed by atoms with van der Waals surface area (Å²) in [5, 5.41) is 2.93. The Kier molecular flexibility index (Phi) is 3.71. The number of nitrogens with two attached hydrogens (primary N) is 1. The summed E-state index contributed by atoms with van der Waals surface area (Å²) in [5.41, 5.74) is 7.29. The molecule has 88 valence electrons. The fourth-order valence-electron chi connectivity index (χ4n) is 1.45. The van der Waals surface area contributed by atoms with Crippen LogP contribution in [0.4, 0.5) is 15.9 Å². The zero-order valence-electron chi connectivity index (χ0n) is 8.95. The molecule has 2 aromatic rings. The van der Waals surface area contributed by atoms with Gasteiger partial charge in [0, 0.05) is 22.9 Å². The maximum atomic E-state index is 13.6. The predicted octanol–water partition coefficient (Wildman–Crippen LogP) is 3.19. The zero-order chi connectivity index (χ0) is 12.3.